The van der Waals surface area contributed by atoms with Gasteiger partial charge < -0.3 is 78.7 Å². The van der Waals surface area contributed by atoms with Crippen molar-refractivity contribution < 1.29 is 78.7 Å². The van der Waals surface area contributed by atoms with Gasteiger partial charge in [-0.25, -0.2) is 0 Å². The highest BCUT2D eigenvalue weighted by Gasteiger charge is 2.69. The van der Waals surface area contributed by atoms with Crippen LogP contribution in [0.5, 0.6) is 0 Å². The molecule has 5 aliphatic heterocycles. The molecule has 60 heavy (non-hydrogen) atoms. The minimum Gasteiger partial charge on any atom is -0.394 e. The maximum atomic E-state index is 11.4. The molecule has 4 aliphatic carbocycles. The standard InChI is InChI=1S/C44H72O16/c1-19-8-13-44(54-17-19)20(2)30-28(60-44)15-26-24-7-6-22-14-23(9-11-42(22,4)25(24)10-12-43(26,30)5)56-41-36(52)33(49)38(29(16-45)57-41)59-40-35(51)32(48)37(21(3)55-40)58-39-34(50)31(47)27(46)18-53-39/h19-41,45-52H,6-18H2,1-5H3/t19-,20-,21-,22+,23+,24-,25+,26+,27-,28+,29-,30+,31-,32-,33-,34+,35+,36-,37-,38-,39-,40+,41-,42+,43+,44-/m1/s1. The Morgan fingerprint density at radius 3 is 2.03 bits per heavy atom. The van der Waals surface area contributed by atoms with Crippen LogP contribution in [0.3, 0.4) is 0 Å². The molecular formula is C44H72O16. The van der Waals surface area contributed by atoms with Crippen molar-refractivity contribution in [3.63, 3.8) is 0 Å². The van der Waals surface area contributed by atoms with E-state index in [2.05, 4.69) is 27.7 Å². The molecule has 0 radical (unpaired) electrons. The Kier molecular flexibility index (Phi) is 12.4. The fraction of sp³-hybridized carbons (Fsp3) is 1.00. The largest absolute Gasteiger partial charge is 0.394 e. The van der Waals surface area contributed by atoms with Crippen LogP contribution in [0.1, 0.15) is 98.8 Å². The van der Waals surface area contributed by atoms with Crippen LogP contribution in [0.15, 0.2) is 0 Å². The van der Waals surface area contributed by atoms with E-state index in [-0.39, 0.29) is 29.6 Å². The Labute approximate surface area is 353 Å². The monoisotopic (exact) mass is 856 g/mol. The van der Waals surface area contributed by atoms with Crippen molar-refractivity contribution in [2.75, 3.05) is 19.8 Å². The molecule has 5 heterocycles. The molecule has 4 saturated carbocycles. The minimum absolute atomic E-state index is 0.176. The fourth-order valence-electron chi connectivity index (χ4n) is 14.4. The van der Waals surface area contributed by atoms with Gasteiger partial charge in [-0.2, -0.15) is 0 Å². The quantitative estimate of drug-likeness (QED) is 0.166. The van der Waals surface area contributed by atoms with E-state index in [9.17, 15) is 40.9 Å². The number of fused-ring (bicyclic) bond motifs is 7. The first-order chi connectivity index (χ1) is 28.5. The number of ether oxygens (including phenoxy) is 8. The second-order valence-electron chi connectivity index (χ2n) is 21.1. The maximum absolute atomic E-state index is 11.4. The second-order valence-corrected chi connectivity index (χ2v) is 21.1. The van der Waals surface area contributed by atoms with Gasteiger partial charge in [0, 0.05) is 12.3 Å². The van der Waals surface area contributed by atoms with Crippen LogP contribution in [0.4, 0.5) is 0 Å². The first-order valence-electron chi connectivity index (χ1n) is 23.1. The molecule has 8 N–H and O–H groups in total. The number of hydrogen-bond donors (Lipinski definition) is 8. The van der Waals surface area contributed by atoms with Crippen LogP contribution in [0.25, 0.3) is 0 Å². The van der Waals surface area contributed by atoms with E-state index in [0.717, 1.165) is 45.1 Å². The molecule has 0 bridgehead atoms. The lowest BCUT2D eigenvalue weighted by Crippen LogP contribution is -2.65. The Bertz CT molecular complexity index is 1500. The number of aliphatic hydroxyl groups excluding tert-OH is 8. The van der Waals surface area contributed by atoms with E-state index in [0.29, 0.717) is 41.4 Å². The maximum Gasteiger partial charge on any atom is 0.187 e. The fourth-order valence-corrected chi connectivity index (χ4v) is 14.4. The molecule has 0 aromatic heterocycles. The van der Waals surface area contributed by atoms with Crippen LogP contribution >= 0.6 is 0 Å². The normalized spacial score (nSPS) is 59.2. The van der Waals surface area contributed by atoms with Gasteiger partial charge in [0.05, 0.1) is 38.1 Å². The van der Waals surface area contributed by atoms with Crippen molar-refractivity contribution in [2.24, 2.45) is 52.3 Å². The number of aliphatic hydroxyl groups is 8. The molecule has 26 atom stereocenters. The zero-order valence-corrected chi connectivity index (χ0v) is 35.8. The molecule has 9 rings (SSSR count). The van der Waals surface area contributed by atoms with Crippen molar-refractivity contribution in [3.05, 3.63) is 0 Å². The average Bonchev–Trinajstić information content (AvgIpc) is 3.67. The third-order valence-corrected chi connectivity index (χ3v) is 17.8. The van der Waals surface area contributed by atoms with Gasteiger partial charge in [-0.15, -0.1) is 0 Å². The average molecular weight is 857 g/mol. The van der Waals surface area contributed by atoms with E-state index < -0.39 is 98.4 Å². The molecule has 1 spiro atoms. The minimum atomic E-state index is -1.73. The predicted molar refractivity (Wildman–Crippen MR) is 208 cm³/mol. The number of rotatable bonds is 7. The smallest absolute Gasteiger partial charge is 0.187 e. The van der Waals surface area contributed by atoms with Gasteiger partial charge in [0.2, 0.25) is 0 Å². The van der Waals surface area contributed by atoms with Crippen LogP contribution in [0.2, 0.25) is 0 Å². The lowest BCUT2D eigenvalue weighted by Gasteiger charge is -2.61. The van der Waals surface area contributed by atoms with E-state index in [4.69, 9.17) is 37.9 Å². The van der Waals surface area contributed by atoms with E-state index in [1.54, 1.807) is 0 Å². The highest BCUT2D eigenvalue weighted by Crippen LogP contribution is 2.71. The second kappa shape index (κ2) is 16.7. The van der Waals surface area contributed by atoms with Crippen LogP contribution < -0.4 is 0 Å². The molecule has 16 heteroatoms. The van der Waals surface area contributed by atoms with Crippen molar-refractivity contribution in [1.82, 2.24) is 0 Å². The Morgan fingerprint density at radius 1 is 0.633 bits per heavy atom. The van der Waals surface area contributed by atoms with Crippen LogP contribution in [-0.2, 0) is 37.9 Å². The summed E-state index contributed by atoms with van der Waals surface area (Å²) in [5.41, 5.74) is 0.433. The third kappa shape index (κ3) is 7.27. The van der Waals surface area contributed by atoms with Gasteiger partial charge >= 0.3 is 0 Å². The van der Waals surface area contributed by atoms with Crippen LogP contribution in [0, 0.1) is 52.3 Å². The molecule has 0 amide bonds. The molecular weight excluding hydrogens is 784 g/mol. The highest BCUT2D eigenvalue weighted by molar-refractivity contribution is 5.15. The van der Waals surface area contributed by atoms with E-state index in [1.165, 1.54) is 32.6 Å². The molecule has 0 unspecified atom stereocenters. The van der Waals surface area contributed by atoms with Gasteiger partial charge in [0.15, 0.2) is 24.7 Å². The van der Waals surface area contributed by atoms with Crippen molar-refractivity contribution in [3.8, 4) is 0 Å². The molecule has 9 aliphatic rings. The topological polar surface area (TPSA) is 236 Å². The summed E-state index contributed by atoms with van der Waals surface area (Å²) >= 11 is 0. The molecule has 9 fully saturated rings. The number of hydrogen-bond acceptors (Lipinski definition) is 16. The molecule has 5 saturated heterocycles. The van der Waals surface area contributed by atoms with E-state index in [1.807, 2.05) is 0 Å². The summed E-state index contributed by atoms with van der Waals surface area (Å²) in [7, 11) is 0. The lowest BCUT2D eigenvalue weighted by atomic mass is 9.44. The van der Waals surface area contributed by atoms with E-state index >= 15 is 0 Å². The summed E-state index contributed by atoms with van der Waals surface area (Å²) < 4.78 is 48.8. The highest BCUT2D eigenvalue weighted by atomic mass is 16.8. The Morgan fingerprint density at radius 2 is 1.32 bits per heavy atom. The van der Waals surface area contributed by atoms with Gasteiger partial charge in [-0.3, -0.25) is 0 Å². The third-order valence-electron chi connectivity index (χ3n) is 17.8. The summed E-state index contributed by atoms with van der Waals surface area (Å²) in [4.78, 5) is 0. The Balaban J connectivity index is 0.795. The SMILES string of the molecule is C[C@@H]1CC[C@@]2(OC1)O[C@H]1C[C@H]3[C@@H]4CC[C@H]5C[C@@H](O[C@@H]6O[C@H](CO)[C@@H](O[C@@H]7O[C@H](C)[C@@H](O[C@H]8OC[C@@H](O)[C@@H](O)[C@@H]8O)[C@H](O)[C@@H]7O)[C@H](O)[C@H]6O)CC[C@]5(C)[C@H]4CC[C@]3(C)[C@H]1[C@H]2C. The summed E-state index contributed by atoms with van der Waals surface area (Å²) in [6.45, 7) is 11.1. The van der Waals surface area contributed by atoms with Crippen molar-refractivity contribution >= 4 is 0 Å². The first-order valence-corrected chi connectivity index (χ1v) is 23.1. The van der Waals surface area contributed by atoms with Crippen LogP contribution in [-0.4, -0.2) is 165 Å². The van der Waals surface area contributed by atoms with Gasteiger partial charge in [0.25, 0.3) is 0 Å². The molecule has 0 aromatic carbocycles. The van der Waals surface area contributed by atoms with Gasteiger partial charge in [0.1, 0.15) is 61.0 Å². The summed E-state index contributed by atoms with van der Waals surface area (Å²) in [6, 6.07) is 0. The first kappa shape index (κ1) is 44.6. The van der Waals surface area contributed by atoms with Crippen molar-refractivity contribution in [1.29, 1.82) is 0 Å². The predicted octanol–water partition coefficient (Wildman–Crippen LogP) is 0.933. The zero-order valence-electron chi connectivity index (χ0n) is 35.8. The van der Waals surface area contributed by atoms with Gasteiger partial charge in [-0.05, 0) is 111 Å². The molecule has 344 valence electrons. The van der Waals surface area contributed by atoms with Gasteiger partial charge in [-0.1, -0.05) is 27.7 Å². The molecule has 0 aromatic rings. The Hall–Kier alpha value is -0.640. The lowest BCUT2D eigenvalue weighted by molar-refractivity contribution is -0.374. The summed E-state index contributed by atoms with van der Waals surface area (Å²) in [5.74, 6) is 3.52. The summed E-state index contributed by atoms with van der Waals surface area (Å²) in [6.07, 6.45) is -9.19. The molecule has 16 nitrogen and oxygen atoms in total. The summed E-state index contributed by atoms with van der Waals surface area (Å²) in [5, 5.41) is 85.2. The zero-order chi connectivity index (χ0) is 42.6. The van der Waals surface area contributed by atoms with Crippen molar-refractivity contribution in [2.45, 2.75) is 203 Å².